The van der Waals surface area contributed by atoms with Crippen LogP contribution in [0, 0.1) is 0 Å². The Balaban J connectivity index is 3.92. The Morgan fingerprint density at radius 1 is 0.509 bits per heavy atom. The fourth-order valence-corrected chi connectivity index (χ4v) is 8.05. The van der Waals surface area contributed by atoms with Crippen LogP contribution in [-0.4, -0.2) is 49.9 Å². The summed E-state index contributed by atoms with van der Waals surface area (Å²) in [5, 5.41) is 0. The third kappa shape index (κ3) is 46.2. The largest absolute Gasteiger partial charge is 0.472 e. The summed E-state index contributed by atoms with van der Waals surface area (Å²) in [6.07, 6.45) is 50.9. The Morgan fingerprint density at radius 3 is 1.28 bits per heavy atom. The Hall–Kier alpha value is -0.760. The number of hydrogen-bond acceptors (Lipinski definition) is 7. The summed E-state index contributed by atoms with van der Waals surface area (Å²) in [5.41, 5.74) is 5.38. The highest BCUT2D eigenvalue weighted by Crippen LogP contribution is 2.43. The molecule has 0 bridgehead atoms. The van der Waals surface area contributed by atoms with Crippen LogP contribution < -0.4 is 5.73 Å². The summed E-state index contributed by atoms with van der Waals surface area (Å²) in [7, 11) is -4.27. The van der Waals surface area contributed by atoms with Gasteiger partial charge >= 0.3 is 13.8 Å². The number of phosphoric ester groups is 1. The van der Waals surface area contributed by atoms with Crippen LogP contribution in [0.2, 0.25) is 0 Å². The van der Waals surface area contributed by atoms with Crippen molar-refractivity contribution >= 4 is 13.8 Å². The predicted molar refractivity (Wildman–Crippen MR) is 243 cm³/mol. The van der Waals surface area contributed by atoms with Crippen LogP contribution in [0.4, 0.5) is 0 Å². The molecule has 2 unspecified atom stereocenters. The van der Waals surface area contributed by atoms with E-state index >= 15 is 0 Å². The lowest BCUT2D eigenvalue weighted by atomic mass is 10.0. The third-order valence-corrected chi connectivity index (χ3v) is 11.9. The van der Waals surface area contributed by atoms with Gasteiger partial charge in [0.1, 0.15) is 6.10 Å². The summed E-state index contributed by atoms with van der Waals surface area (Å²) in [6.45, 7) is 4.98. The molecule has 0 aromatic carbocycles. The highest BCUT2D eigenvalue weighted by Gasteiger charge is 2.25. The molecule has 0 aromatic heterocycles. The molecule has 57 heavy (non-hydrogen) atoms. The first kappa shape index (κ1) is 56.2. The molecule has 0 aliphatic heterocycles. The van der Waals surface area contributed by atoms with Crippen molar-refractivity contribution < 1.29 is 32.8 Å². The van der Waals surface area contributed by atoms with E-state index in [0.29, 0.717) is 13.0 Å². The van der Waals surface area contributed by atoms with Gasteiger partial charge in [-0.15, -0.1) is 0 Å². The zero-order valence-electron chi connectivity index (χ0n) is 37.9. The Bertz CT molecular complexity index is 889. The van der Waals surface area contributed by atoms with Crippen molar-refractivity contribution in [3.63, 3.8) is 0 Å². The molecule has 0 aliphatic rings. The molecule has 340 valence electrons. The lowest BCUT2D eigenvalue weighted by Gasteiger charge is -2.20. The molecule has 0 fully saturated rings. The minimum Gasteiger partial charge on any atom is -0.457 e. The summed E-state index contributed by atoms with van der Waals surface area (Å²) >= 11 is 0. The zero-order valence-corrected chi connectivity index (χ0v) is 38.7. The number of rotatable bonds is 48. The van der Waals surface area contributed by atoms with E-state index in [0.717, 1.165) is 32.1 Å². The van der Waals surface area contributed by atoms with Gasteiger partial charge in [0.15, 0.2) is 0 Å². The van der Waals surface area contributed by atoms with Gasteiger partial charge in [0.2, 0.25) is 0 Å². The van der Waals surface area contributed by atoms with Crippen molar-refractivity contribution in [3.8, 4) is 0 Å². The number of phosphoric acid groups is 1. The lowest BCUT2D eigenvalue weighted by molar-refractivity contribution is -0.154. The SMILES string of the molecule is CCCCCCCC/C=C\CCCCCCCCCCCCOCC(COP(=O)(O)OCCN)OC(=O)CCCCCCCCCCCCCCCCCCCC. The number of carbonyl (C=O) groups is 1. The molecule has 0 saturated heterocycles. The second-order valence-corrected chi connectivity index (χ2v) is 18.1. The minimum absolute atomic E-state index is 0.0919. The van der Waals surface area contributed by atoms with Crippen molar-refractivity contribution in [2.45, 2.75) is 258 Å². The first-order chi connectivity index (χ1) is 27.9. The van der Waals surface area contributed by atoms with Crippen molar-refractivity contribution in [1.82, 2.24) is 0 Å². The number of allylic oxidation sites excluding steroid dienone is 2. The number of unbranched alkanes of at least 4 members (excludes halogenated alkanes) is 33. The van der Waals surface area contributed by atoms with Gasteiger partial charge in [-0.2, -0.15) is 0 Å². The molecule has 0 amide bonds. The Labute approximate surface area is 354 Å². The molecular weight excluding hydrogens is 734 g/mol. The molecule has 0 heterocycles. The predicted octanol–water partition coefficient (Wildman–Crippen LogP) is 15.0. The number of hydrogen-bond donors (Lipinski definition) is 2. The van der Waals surface area contributed by atoms with Gasteiger partial charge in [-0.1, -0.05) is 219 Å². The first-order valence-corrected chi connectivity index (χ1v) is 26.2. The van der Waals surface area contributed by atoms with Crippen LogP contribution in [0.15, 0.2) is 12.2 Å². The van der Waals surface area contributed by atoms with Gasteiger partial charge in [0, 0.05) is 19.6 Å². The normalized spacial score (nSPS) is 13.4. The van der Waals surface area contributed by atoms with Gasteiger partial charge in [-0.25, -0.2) is 4.57 Å². The smallest absolute Gasteiger partial charge is 0.457 e. The van der Waals surface area contributed by atoms with E-state index in [1.54, 1.807) is 0 Å². The van der Waals surface area contributed by atoms with E-state index in [9.17, 15) is 14.3 Å². The van der Waals surface area contributed by atoms with E-state index in [1.165, 1.54) is 199 Å². The number of esters is 1. The van der Waals surface area contributed by atoms with Crippen LogP contribution in [0.5, 0.6) is 0 Å². The van der Waals surface area contributed by atoms with Crippen LogP contribution in [0.25, 0.3) is 0 Å². The third-order valence-electron chi connectivity index (χ3n) is 10.9. The molecule has 0 aromatic rings. The van der Waals surface area contributed by atoms with Crippen molar-refractivity contribution in [3.05, 3.63) is 12.2 Å². The van der Waals surface area contributed by atoms with Crippen molar-refractivity contribution in [2.75, 3.05) is 33.0 Å². The maximum atomic E-state index is 12.6. The average molecular weight is 830 g/mol. The number of nitrogens with two attached hydrogens (primary N) is 1. The molecule has 0 spiro atoms. The second kappa shape index (κ2) is 46.3. The standard InChI is InChI=1S/C48H96NO7P/c1-3-5-7-9-11-13-15-17-19-21-23-24-26-28-30-32-34-36-38-40-43-53-45-47(46-55-57(51,52)54-44-42-49)56-48(50)41-39-37-35-33-31-29-27-25-22-20-18-16-14-12-10-8-6-4-2/h17,19,47H,3-16,18,20-46,49H2,1-2H3,(H,51,52)/b19-17-. The van der Waals surface area contributed by atoms with Crippen LogP contribution in [0.1, 0.15) is 251 Å². The van der Waals surface area contributed by atoms with Crippen LogP contribution in [0.3, 0.4) is 0 Å². The minimum atomic E-state index is -4.27. The molecular formula is C48H96NO7P. The van der Waals surface area contributed by atoms with Crippen LogP contribution in [-0.2, 0) is 27.9 Å². The molecule has 3 N–H and O–H groups in total. The highest BCUT2D eigenvalue weighted by atomic mass is 31.2. The molecule has 8 nitrogen and oxygen atoms in total. The molecule has 0 radical (unpaired) electrons. The Morgan fingerprint density at radius 2 is 0.877 bits per heavy atom. The van der Waals surface area contributed by atoms with Gasteiger partial charge < -0.3 is 20.1 Å². The fourth-order valence-electron chi connectivity index (χ4n) is 7.29. The number of carbonyl (C=O) groups excluding carboxylic acids is 1. The quantitative estimate of drug-likeness (QED) is 0.0269. The van der Waals surface area contributed by atoms with Crippen LogP contribution >= 0.6 is 7.82 Å². The van der Waals surface area contributed by atoms with Gasteiger partial charge in [-0.3, -0.25) is 13.8 Å². The fraction of sp³-hybridized carbons (Fsp3) is 0.938. The van der Waals surface area contributed by atoms with E-state index in [4.69, 9.17) is 24.3 Å². The summed E-state index contributed by atoms with van der Waals surface area (Å²) in [6, 6.07) is 0. The monoisotopic (exact) mass is 830 g/mol. The molecule has 0 saturated carbocycles. The molecule has 2 atom stereocenters. The van der Waals surface area contributed by atoms with Gasteiger partial charge in [0.05, 0.1) is 19.8 Å². The summed E-state index contributed by atoms with van der Waals surface area (Å²) in [4.78, 5) is 22.6. The average Bonchev–Trinajstić information content (AvgIpc) is 3.20. The van der Waals surface area contributed by atoms with Gasteiger partial charge in [-0.05, 0) is 38.5 Å². The van der Waals surface area contributed by atoms with E-state index < -0.39 is 13.9 Å². The molecule has 0 rings (SSSR count). The van der Waals surface area contributed by atoms with E-state index in [1.807, 2.05) is 0 Å². The highest BCUT2D eigenvalue weighted by molar-refractivity contribution is 7.47. The van der Waals surface area contributed by atoms with Crippen molar-refractivity contribution in [1.29, 1.82) is 0 Å². The zero-order chi connectivity index (χ0) is 41.6. The Kier molecular flexibility index (Phi) is 45.7. The maximum Gasteiger partial charge on any atom is 0.472 e. The van der Waals surface area contributed by atoms with Gasteiger partial charge in [0.25, 0.3) is 0 Å². The molecule has 9 heteroatoms. The topological polar surface area (TPSA) is 117 Å². The summed E-state index contributed by atoms with van der Waals surface area (Å²) in [5.74, 6) is -0.324. The first-order valence-electron chi connectivity index (χ1n) is 24.7. The summed E-state index contributed by atoms with van der Waals surface area (Å²) < 4.78 is 33.6. The maximum absolute atomic E-state index is 12.6. The number of ether oxygens (including phenoxy) is 2. The second-order valence-electron chi connectivity index (χ2n) is 16.7. The lowest BCUT2D eigenvalue weighted by Crippen LogP contribution is -2.28. The van der Waals surface area contributed by atoms with E-state index in [2.05, 4.69) is 26.0 Å². The molecule has 0 aliphatic carbocycles. The van der Waals surface area contributed by atoms with E-state index in [-0.39, 0.29) is 32.3 Å². The van der Waals surface area contributed by atoms with Crippen molar-refractivity contribution in [2.24, 2.45) is 5.73 Å².